The molecule has 3 unspecified atom stereocenters. The van der Waals surface area contributed by atoms with Gasteiger partial charge in [-0.25, -0.2) is 0 Å². The maximum absolute atomic E-state index is 5.39. The summed E-state index contributed by atoms with van der Waals surface area (Å²) in [5.74, 6) is 0. The Morgan fingerprint density at radius 2 is 2.08 bits per heavy atom. The molecule has 0 aliphatic rings. The van der Waals surface area contributed by atoms with Crippen molar-refractivity contribution in [3.63, 3.8) is 0 Å². The fraction of sp³-hybridized carbons (Fsp3) is 0.875. The van der Waals surface area contributed by atoms with Crippen LogP contribution in [0, 0.1) is 12.3 Å². The Hall–Kier alpha value is 1.36. The summed E-state index contributed by atoms with van der Waals surface area (Å²) in [5.41, 5.74) is 0.139. The van der Waals surface area contributed by atoms with E-state index < -0.39 is 0 Å². The van der Waals surface area contributed by atoms with Gasteiger partial charge in [0.05, 0.1) is 13.2 Å². The van der Waals surface area contributed by atoms with E-state index in [-0.39, 0.29) is 24.0 Å². The molecule has 0 N–H and O–H groups in total. The summed E-state index contributed by atoms with van der Waals surface area (Å²) in [7, 11) is 4.79. The van der Waals surface area contributed by atoms with Crippen LogP contribution < -0.4 is 0 Å². The molecule has 5 heteroatoms. The van der Waals surface area contributed by atoms with Gasteiger partial charge in [0.25, 0.3) is 0 Å². The van der Waals surface area contributed by atoms with E-state index in [1.54, 1.807) is 7.11 Å². The molecule has 0 aliphatic carbocycles. The molecule has 0 spiro atoms. The van der Waals surface area contributed by atoms with Crippen molar-refractivity contribution < 1.29 is 27.8 Å². The van der Waals surface area contributed by atoms with Crippen molar-refractivity contribution >= 4 is 17.4 Å². The molecule has 0 rings (SSSR count). The minimum absolute atomic E-state index is 0. The van der Waals surface area contributed by atoms with Crippen molar-refractivity contribution in [1.82, 2.24) is 0 Å². The van der Waals surface area contributed by atoms with Gasteiger partial charge in [-0.05, 0) is 0 Å². The van der Waals surface area contributed by atoms with Gasteiger partial charge >= 0.3 is 0 Å². The third kappa shape index (κ3) is 8.37. The van der Waals surface area contributed by atoms with Crippen LogP contribution in [0.25, 0.3) is 0 Å². The van der Waals surface area contributed by atoms with Crippen LogP contribution in [0.15, 0.2) is 0 Å². The maximum Gasteiger partial charge on any atom is 0.0584 e. The summed E-state index contributed by atoms with van der Waals surface area (Å²) in [6.07, 6.45) is 1.99. The van der Waals surface area contributed by atoms with Crippen molar-refractivity contribution in [1.29, 1.82) is 0 Å². The second kappa shape index (κ2) is 9.90. The Morgan fingerprint density at radius 3 is 2.46 bits per heavy atom. The van der Waals surface area contributed by atoms with Crippen molar-refractivity contribution in [2.75, 3.05) is 20.3 Å². The van der Waals surface area contributed by atoms with Crippen LogP contribution in [0.2, 0.25) is 0 Å². The van der Waals surface area contributed by atoms with Gasteiger partial charge in [-0.3, -0.25) is 0 Å². The van der Waals surface area contributed by atoms with Gasteiger partial charge in [-0.15, -0.1) is 0 Å². The zero-order valence-corrected chi connectivity index (χ0v) is 11.9. The first-order chi connectivity index (χ1) is 5.68. The molecule has 0 aromatic carbocycles. The van der Waals surface area contributed by atoms with Crippen molar-refractivity contribution in [2.24, 2.45) is 5.41 Å². The third-order valence-electron chi connectivity index (χ3n) is 1.78. The SMILES string of the molecule is [CH2-]CCC(C)(COC)COPP.[V]. The Morgan fingerprint density at radius 1 is 1.46 bits per heavy atom. The molecule has 13 heavy (non-hydrogen) atoms. The van der Waals surface area contributed by atoms with E-state index in [0.29, 0.717) is 8.50 Å². The number of ether oxygens (including phenoxy) is 1. The van der Waals surface area contributed by atoms with E-state index in [0.717, 1.165) is 26.1 Å². The van der Waals surface area contributed by atoms with Crippen molar-refractivity contribution in [3.05, 3.63) is 6.92 Å². The number of rotatable bonds is 7. The third-order valence-corrected chi connectivity index (χ3v) is 2.59. The molecule has 0 fully saturated rings. The fourth-order valence-corrected chi connectivity index (χ4v) is 1.86. The molecule has 3 atom stereocenters. The first kappa shape index (κ1) is 16.8. The Labute approximate surface area is 97.8 Å². The van der Waals surface area contributed by atoms with Gasteiger partial charge < -0.3 is 16.2 Å². The minimum atomic E-state index is 0. The predicted octanol–water partition coefficient (Wildman–Crippen LogP) is 2.65. The summed E-state index contributed by atoms with van der Waals surface area (Å²) >= 11 is 0. The average molecular weight is 260 g/mol. The fourth-order valence-electron chi connectivity index (χ4n) is 1.18. The van der Waals surface area contributed by atoms with Gasteiger partial charge in [0.2, 0.25) is 0 Å². The first-order valence-corrected chi connectivity index (χ1v) is 6.76. The Bertz CT molecular complexity index is 108. The Kier molecular flexibility index (Phi) is 12.8. The molecule has 0 bridgehead atoms. The minimum Gasteiger partial charge on any atom is -0.384 e. The Balaban J connectivity index is 0. The van der Waals surface area contributed by atoms with E-state index in [1.807, 2.05) is 0 Å². The summed E-state index contributed by atoms with van der Waals surface area (Å²) in [6, 6.07) is 0. The summed E-state index contributed by atoms with van der Waals surface area (Å²) in [5, 5.41) is 0. The molecular weight excluding hydrogens is 241 g/mol. The molecule has 1 radical (unpaired) electrons. The molecular formula is C8H19O2P2V-. The normalized spacial score (nSPS) is 15.7. The van der Waals surface area contributed by atoms with E-state index in [9.17, 15) is 0 Å². The van der Waals surface area contributed by atoms with Crippen molar-refractivity contribution in [3.8, 4) is 0 Å². The van der Waals surface area contributed by atoms with Gasteiger partial charge in [0.1, 0.15) is 0 Å². The van der Waals surface area contributed by atoms with Crippen LogP contribution >= 0.6 is 17.4 Å². The number of hydrogen-bond donors (Lipinski definition) is 0. The summed E-state index contributed by atoms with van der Waals surface area (Å²) in [4.78, 5) is 0. The average Bonchev–Trinajstić information content (AvgIpc) is 2.02. The van der Waals surface area contributed by atoms with Crippen LogP contribution in [0.1, 0.15) is 19.8 Å². The summed E-state index contributed by atoms with van der Waals surface area (Å²) < 4.78 is 10.5. The maximum atomic E-state index is 5.39. The molecule has 0 amide bonds. The molecule has 0 aromatic rings. The van der Waals surface area contributed by atoms with Gasteiger partial charge in [0.15, 0.2) is 0 Å². The van der Waals surface area contributed by atoms with Crippen LogP contribution in [0.5, 0.6) is 0 Å². The summed E-state index contributed by atoms with van der Waals surface area (Å²) in [6.45, 7) is 7.53. The van der Waals surface area contributed by atoms with Crippen LogP contribution in [0.3, 0.4) is 0 Å². The van der Waals surface area contributed by atoms with E-state index in [4.69, 9.17) is 9.26 Å². The topological polar surface area (TPSA) is 18.5 Å². The number of methoxy groups -OCH3 is 1. The molecule has 0 aliphatic heterocycles. The quantitative estimate of drug-likeness (QED) is 0.517. The largest absolute Gasteiger partial charge is 0.384 e. The first-order valence-electron chi connectivity index (χ1n) is 4.04. The molecule has 0 saturated carbocycles. The van der Waals surface area contributed by atoms with Gasteiger partial charge in [0, 0.05) is 39.6 Å². The zero-order chi connectivity index (χ0) is 9.45. The predicted molar refractivity (Wildman–Crippen MR) is 58.6 cm³/mol. The molecule has 0 heterocycles. The second-order valence-corrected chi connectivity index (χ2v) is 4.49. The van der Waals surface area contributed by atoms with E-state index >= 15 is 0 Å². The number of hydrogen-bond acceptors (Lipinski definition) is 2. The monoisotopic (exact) mass is 260 g/mol. The zero-order valence-electron chi connectivity index (χ0n) is 8.38. The van der Waals surface area contributed by atoms with Crippen LogP contribution in [0.4, 0.5) is 0 Å². The molecule has 0 saturated heterocycles. The molecule has 0 aromatic heterocycles. The van der Waals surface area contributed by atoms with Crippen LogP contribution in [-0.4, -0.2) is 20.3 Å². The molecule has 2 nitrogen and oxygen atoms in total. The standard InChI is InChI=1S/C8H19O2P2.V/c1-4-5-8(2,6-9-3)7-10-12-11;/h12H,1,4-7,11H2,2-3H3;/q-1;. The van der Waals surface area contributed by atoms with Crippen LogP contribution in [-0.2, 0) is 27.8 Å². The van der Waals surface area contributed by atoms with Gasteiger partial charge in [-0.2, -0.15) is 6.42 Å². The van der Waals surface area contributed by atoms with Gasteiger partial charge in [-0.1, -0.05) is 22.3 Å². The smallest absolute Gasteiger partial charge is 0.0584 e. The molecule has 79 valence electrons. The van der Waals surface area contributed by atoms with E-state index in [1.165, 1.54) is 0 Å². The van der Waals surface area contributed by atoms with Crippen molar-refractivity contribution in [2.45, 2.75) is 19.8 Å². The van der Waals surface area contributed by atoms with E-state index in [2.05, 4.69) is 22.8 Å². The second-order valence-electron chi connectivity index (χ2n) is 3.25.